The van der Waals surface area contributed by atoms with Crippen LogP contribution in [0.5, 0.6) is 11.5 Å². The first-order chi connectivity index (χ1) is 8.63. The van der Waals surface area contributed by atoms with E-state index in [-0.39, 0.29) is 0 Å². The molecule has 0 atom stereocenters. The largest absolute Gasteiger partial charge is 0.497 e. The van der Waals surface area contributed by atoms with Crippen LogP contribution in [0.3, 0.4) is 0 Å². The van der Waals surface area contributed by atoms with Crippen LogP contribution < -0.4 is 15.2 Å². The standard InChI is InChI=1S/C13H13ClN2O2/c1-17-10-3-8(4-11(6-10)18-2)12-5-9(14)7-16-13(12)15/h3-7H,1-2H3,(H2,15,16). The Kier molecular flexibility index (Phi) is 3.58. The van der Waals surface area contributed by atoms with Gasteiger partial charge in [-0.2, -0.15) is 0 Å². The number of nitrogens with two attached hydrogens (primary N) is 1. The zero-order valence-corrected chi connectivity index (χ0v) is 10.9. The highest BCUT2D eigenvalue weighted by Gasteiger charge is 2.08. The number of nitrogens with zero attached hydrogens (tertiary/aromatic N) is 1. The second-order valence-corrected chi connectivity index (χ2v) is 4.12. The lowest BCUT2D eigenvalue weighted by Gasteiger charge is -2.10. The minimum absolute atomic E-state index is 0.412. The lowest BCUT2D eigenvalue weighted by Crippen LogP contribution is -1.95. The van der Waals surface area contributed by atoms with E-state index in [0.717, 1.165) is 11.1 Å². The van der Waals surface area contributed by atoms with Gasteiger partial charge in [0.05, 0.1) is 19.2 Å². The molecule has 0 radical (unpaired) electrons. The van der Waals surface area contributed by atoms with E-state index in [4.69, 9.17) is 26.8 Å². The predicted molar refractivity (Wildman–Crippen MR) is 72.2 cm³/mol. The molecule has 2 aromatic rings. The molecule has 0 bridgehead atoms. The molecule has 0 fully saturated rings. The number of nitrogen functional groups attached to an aromatic ring is 1. The lowest BCUT2D eigenvalue weighted by atomic mass is 10.1. The highest BCUT2D eigenvalue weighted by molar-refractivity contribution is 6.30. The van der Waals surface area contributed by atoms with Gasteiger partial charge in [-0.25, -0.2) is 4.98 Å². The maximum absolute atomic E-state index is 5.93. The number of anilines is 1. The molecule has 1 aromatic heterocycles. The van der Waals surface area contributed by atoms with E-state index >= 15 is 0 Å². The Bertz CT molecular complexity index is 551. The van der Waals surface area contributed by atoms with E-state index in [0.29, 0.717) is 22.3 Å². The average Bonchev–Trinajstić information content (AvgIpc) is 2.40. The van der Waals surface area contributed by atoms with E-state index in [2.05, 4.69) is 4.98 Å². The average molecular weight is 265 g/mol. The van der Waals surface area contributed by atoms with E-state index in [1.807, 2.05) is 12.1 Å². The van der Waals surface area contributed by atoms with Crippen molar-refractivity contribution in [2.24, 2.45) is 0 Å². The monoisotopic (exact) mass is 264 g/mol. The van der Waals surface area contributed by atoms with Crippen molar-refractivity contribution in [3.05, 3.63) is 35.5 Å². The van der Waals surface area contributed by atoms with Gasteiger partial charge < -0.3 is 15.2 Å². The number of aromatic nitrogens is 1. The van der Waals surface area contributed by atoms with Gasteiger partial charge in [0.1, 0.15) is 17.3 Å². The van der Waals surface area contributed by atoms with Crippen molar-refractivity contribution in [1.29, 1.82) is 0 Å². The topological polar surface area (TPSA) is 57.4 Å². The number of benzene rings is 1. The van der Waals surface area contributed by atoms with Gasteiger partial charge in [-0.3, -0.25) is 0 Å². The number of ether oxygens (including phenoxy) is 2. The van der Waals surface area contributed by atoms with Gasteiger partial charge in [0.15, 0.2) is 0 Å². The Labute approximate surface area is 110 Å². The van der Waals surface area contributed by atoms with Gasteiger partial charge in [-0.05, 0) is 23.8 Å². The number of halogens is 1. The molecule has 1 aromatic carbocycles. The van der Waals surface area contributed by atoms with Gasteiger partial charge in [0, 0.05) is 17.8 Å². The summed E-state index contributed by atoms with van der Waals surface area (Å²) in [7, 11) is 3.19. The highest BCUT2D eigenvalue weighted by atomic mass is 35.5. The van der Waals surface area contributed by atoms with Crippen molar-refractivity contribution < 1.29 is 9.47 Å². The van der Waals surface area contributed by atoms with Crippen LogP contribution in [0.25, 0.3) is 11.1 Å². The Balaban J connectivity index is 2.58. The molecular formula is C13H13ClN2O2. The smallest absolute Gasteiger partial charge is 0.131 e. The maximum Gasteiger partial charge on any atom is 0.131 e. The molecule has 0 saturated carbocycles. The molecule has 1 heterocycles. The Morgan fingerprint density at radius 2 is 1.67 bits per heavy atom. The minimum atomic E-state index is 0.412. The van der Waals surface area contributed by atoms with Crippen molar-refractivity contribution in [2.45, 2.75) is 0 Å². The van der Waals surface area contributed by atoms with Crippen LogP contribution in [-0.4, -0.2) is 19.2 Å². The molecule has 0 saturated heterocycles. The molecule has 0 aliphatic heterocycles. The van der Waals surface area contributed by atoms with Crippen molar-refractivity contribution in [3.8, 4) is 22.6 Å². The van der Waals surface area contributed by atoms with Crippen LogP contribution in [0, 0.1) is 0 Å². The predicted octanol–water partition coefficient (Wildman–Crippen LogP) is 3.00. The van der Waals surface area contributed by atoms with Gasteiger partial charge in [-0.1, -0.05) is 11.6 Å². The molecule has 0 unspecified atom stereocenters. The zero-order valence-electron chi connectivity index (χ0n) is 10.1. The van der Waals surface area contributed by atoms with Crippen molar-refractivity contribution in [3.63, 3.8) is 0 Å². The molecule has 0 aliphatic rings. The van der Waals surface area contributed by atoms with Crippen molar-refractivity contribution in [1.82, 2.24) is 4.98 Å². The third kappa shape index (κ3) is 2.49. The molecule has 0 spiro atoms. The molecule has 0 amide bonds. The van der Waals surface area contributed by atoms with Crippen LogP contribution in [0.2, 0.25) is 5.02 Å². The number of hydrogen-bond acceptors (Lipinski definition) is 4. The van der Waals surface area contributed by atoms with Gasteiger partial charge in [0.2, 0.25) is 0 Å². The molecule has 94 valence electrons. The van der Waals surface area contributed by atoms with Gasteiger partial charge in [0.25, 0.3) is 0 Å². The quantitative estimate of drug-likeness (QED) is 0.926. The molecule has 18 heavy (non-hydrogen) atoms. The fourth-order valence-corrected chi connectivity index (χ4v) is 1.80. The van der Waals surface area contributed by atoms with Crippen LogP contribution >= 0.6 is 11.6 Å². The van der Waals surface area contributed by atoms with Gasteiger partial charge >= 0.3 is 0 Å². The summed E-state index contributed by atoms with van der Waals surface area (Å²) < 4.78 is 10.4. The second-order valence-electron chi connectivity index (χ2n) is 3.69. The van der Waals surface area contributed by atoms with Crippen LogP contribution in [-0.2, 0) is 0 Å². The highest BCUT2D eigenvalue weighted by Crippen LogP contribution is 2.33. The van der Waals surface area contributed by atoms with Crippen molar-refractivity contribution >= 4 is 17.4 Å². The van der Waals surface area contributed by atoms with Gasteiger partial charge in [-0.15, -0.1) is 0 Å². The fourth-order valence-electron chi connectivity index (χ4n) is 1.64. The molecule has 2 rings (SSSR count). The molecule has 4 nitrogen and oxygen atoms in total. The first-order valence-corrected chi connectivity index (χ1v) is 5.66. The lowest BCUT2D eigenvalue weighted by molar-refractivity contribution is 0.394. The summed E-state index contributed by atoms with van der Waals surface area (Å²) in [5, 5.41) is 0.529. The second kappa shape index (κ2) is 5.14. The number of rotatable bonds is 3. The zero-order chi connectivity index (χ0) is 13.1. The first-order valence-electron chi connectivity index (χ1n) is 5.28. The summed E-state index contributed by atoms with van der Waals surface area (Å²) in [6.07, 6.45) is 1.51. The summed E-state index contributed by atoms with van der Waals surface area (Å²) in [6, 6.07) is 7.26. The number of methoxy groups -OCH3 is 2. The Hall–Kier alpha value is -1.94. The third-order valence-corrected chi connectivity index (χ3v) is 2.75. The summed E-state index contributed by atoms with van der Waals surface area (Å²) in [5.74, 6) is 1.78. The number of hydrogen-bond donors (Lipinski definition) is 1. The van der Waals surface area contributed by atoms with Crippen LogP contribution in [0.15, 0.2) is 30.5 Å². The summed E-state index contributed by atoms with van der Waals surface area (Å²) in [6.45, 7) is 0. The Morgan fingerprint density at radius 3 is 2.22 bits per heavy atom. The molecule has 5 heteroatoms. The minimum Gasteiger partial charge on any atom is -0.497 e. The Morgan fingerprint density at radius 1 is 1.06 bits per heavy atom. The normalized spacial score (nSPS) is 10.2. The maximum atomic E-state index is 5.93. The molecular weight excluding hydrogens is 252 g/mol. The summed E-state index contributed by atoms with van der Waals surface area (Å²) in [5.41, 5.74) is 7.45. The van der Waals surface area contributed by atoms with E-state index < -0.39 is 0 Å². The first kappa shape index (κ1) is 12.5. The van der Waals surface area contributed by atoms with Crippen molar-refractivity contribution in [2.75, 3.05) is 20.0 Å². The summed E-state index contributed by atoms with van der Waals surface area (Å²) in [4.78, 5) is 4.03. The molecule has 0 aliphatic carbocycles. The molecule has 2 N–H and O–H groups in total. The fraction of sp³-hybridized carbons (Fsp3) is 0.154. The van der Waals surface area contributed by atoms with Crippen LogP contribution in [0.4, 0.5) is 5.82 Å². The third-order valence-electron chi connectivity index (χ3n) is 2.55. The van der Waals surface area contributed by atoms with E-state index in [1.165, 1.54) is 6.20 Å². The van der Waals surface area contributed by atoms with E-state index in [1.54, 1.807) is 26.4 Å². The van der Waals surface area contributed by atoms with E-state index in [9.17, 15) is 0 Å². The number of pyridine rings is 1. The SMILES string of the molecule is COc1cc(OC)cc(-c2cc(Cl)cnc2N)c1. The van der Waals surface area contributed by atoms with Crippen LogP contribution in [0.1, 0.15) is 0 Å². The summed E-state index contributed by atoms with van der Waals surface area (Å²) >= 11 is 5.93.